The van der Waals surface area contributed by atoms with Gasteiger partial charge in [0.1, 0.15) is 0 Å². The Morgan fingerprint density at radius 2 is 2.00 bits per heavy atom. The predicted octanol–water partition coefficient (Wildman–Crippen LogP) is 1.97. The van der Waals surface area contributed by atoms with Gasteiger partial charge in [-0.3, -0.25) is 9.59 Å². The molecule has 72 valence electrons. The lowest BCUT2D eigenvalue weighted by atomic mass is 9.97. The third-order valence-electron chi connectivity index (χ3n) is 1.95. The van der Waals surface area contributed by atoms with E-state index in [1.54, 1.807) is 6.92 Å². The fraction of sp³-hybridized carbons (Fsp3) is 0.636. The van der Waals surface area contributed by atoms with Crippen molar-refractivity contribution in [2.75, 3.05) is 0 Å². The van der Waals surface area contributed by atoms with Crippen LogP contribution in [-0.2, 0) is 9.59 Å². The lowest BCUT2D eigenvalue weighted by molar-refractivity contribution is -0.136. The molecule has 0 fully saturated rings. The fourth-order valence-electron chi connectivity index (χ4n) is 1.06. The van der Waals surface area contributed by atoms with E-state index in [0.717, 1.165) is 6.42 Å². The molecule has 0 rings (SSSR count). The molecule has 0 heterocycles. The van der Waals surface area contributed by atoms with Crippen LogP contribution in [0.4, 0.5) is 0 Å². The van der Waals surface area contributed by atoms with E-state index in [0.29, 0.717) is 19.3 Å². The van der Waals surface area contributed by atoms with Gasteiger partial charge < -0.3 is 0 Å². The molecule has 2 heteroatoms. The summed E-state index contributed by atoms with van der Waals surface area (Å²) in [6.07, 6.45) is 7.23. The normalized spacial score (nSPS) is 11.8. The standard InChI is InChI=1S/C11H16O2/c1-4-6-7-9(3)8-11(13)10(12)5-2/h1,9H,5-8H2,2-3H3. The Morgan fingerprint density at radius 1 is 1.38 bits per heavy atom. The first-order valence-corrected chi connectivity index (χ1v) is 4.61. The third kappa shape index (κ3) is 5.19. The second-order valence-corrected chi connectivity index (χ2v) is 3.25. The highest BCUT2D eigenvalue weighted by Gasteiger charge is 2.14. The maximum Gasteiger partial charge on any atom is 0.198 e. The second kappa shape index (κ2) is 6.42. The minimum atomic E-state index is -0.271. The lowest BCUT2D eigenvalue weighted by Gasteiger charge is -2.06. The molecule has 0 amide bonds. The van der Waals surface area contributed by atoms with Crippen LogP contribution in [0.5, 0.6) is 0 Å². The van der Waals surface area contributed by atoms with Crippen molar-refractivity contribution in [3.8, 4) is 12.3 Å². The number of terminal acetylenes is 1. The molecule has 0 aromatic heterocycles. The summed E-state index contributed by atoms with van der Waals surface area (Å²) in [5.74, 6) is 2.21. The van der Waals surface area contributed by atoms with Gasteiger partial charge in [0.05, 0.1) is 0 Å². The van der Waals surface area contributed by atoms with Crippen LogP contribution in [0, 0.1) is 18.3 Å². The first-order chi connectivity index (χ1) is 6.11. The van der Waals surface area contributed by atoms with E-state index in [2.05, 4.69) is 5.92 Å². The summed E-state index contributed by atoms with van der Waals surface area (Å²) in [5, 5.41) is 0. The zero-order valence-electron chi connectivity index (χ0n) is 8.30. The van der Waals surface area contributed by atoms with Crippen LogP contribution in [0.3, 0.4) is 0 Å². The van der Waals surface area contributed by atoms with Crippen molar-refractivity contribution in [2.24, 2.45) is 5.92 Å². The first kappa shape index (κ1) is 11.9. The number of carbonyl (C=O) groups excluding carboxylic acids is 2. The summed E-state index contributed by atoms with van der Waals surface area (Å²) >= 11 is 0. The topological polar surface area (TPSA) is 34.1 Å². The Hall–Kier alpha value is -1.10. The zero-order chi connectivity index (χ0) is 10.3. The van der Waals surface area contributed by atoms with Gasteiger partial charge in [-0.25, -0.2) is 0 Å². The van der Waals surface area contributed by atoms with Gasteiger partial charge in [0.2, 0.25) is 0 Å². The Labute approximate surface area is 79.7 Å². The van der Waals surface area contributed by atoms with Crippen molar-refractivity contribution in [3.63, 3.8) is 0 Å². The molecule has 1 unspecified atom stereocenters. The van der Waals surface area contributed by atoms with E-state index in [4.69, 9.17) is 6.42 Å². The maximum absolute atomic E-state index is 11.1. The summed E-state index contributed by atoms with van der Waals surface area (Å²) in [5.41, 5.74) is 0. The molecule has 1 atom stereocenters. The first-order valence-electron chi connectivity index (χ1n) is 4.61. The molecule has 0 saturated heterocycles. The zero-order valence-corrected chi connectivity index (χ0v) is 8.30. The molecule has 2 nitrogen and oxygen atoms in total. The molecule has 0 aliphatic carbocycles. The summed E-state index contributed by atoms with van der Waals surface area (Å²) in [4.78, 5) is 22.1. The number of hydrogen-bond donors (Lipinski definition) is 0. The van der Waals surface area contributed by atoms with Gasteiger partial charge >= 0.3 is 0 Å². The average Bonchev–Trinajstić information content (AvgIpc) is 2.13. The van der Waals surface area contributed by atoms with Crippen LogP contribution in [-0.4, -0.2) is 11.6 Å². The molecule has 0 aliphatic heterocycles. The molecule has 0 bridgehead atoms. The van der Waals surface area contributed by atoms with Gasteiger partial charge in [-0.2, -0.15) is 0 Å². The van der Waals surface area contributed by atoms with Gasteiger partial charge in [-0.05, 0) is 12.3 Å². The SMILES string of the molecule is C#CCCC(C)CC(=O)C(=O)CC. The molecular weight excluding hydrogens is 164 g/mol. The largest absolute Gasteiger partial charge is 0.291 e. The highest BCUT2D eigenvalue weighted by molar-refractivity contribution is 6.37. The van der Waals surface area contributed by atoms with Crippen LogP contribution >= 0.6 is 0 Å². The van der Waals surface area contributed by atoms with Crippen molar-refractivity contribution in [3.05, 3.63) is 0 Å². The monoisotopic (exact) mass is 180 g/mol. The Morgan fingerprint density at radius 3 is 2.46 bits per heavy atom. The van der Waals surface area contributed by atoms with Crippen molar-refractivity contribution in [1.29, 1.82) is 0 Å². The third-order valence-corrected chi connectivity index (χ3v) is 1.95. The number of ketones is 2. The number of hydrogen-bond acceptors (Lipinski definition) is 2. The summed E-state index contributed by atoms with van der Waals surface area (Å²) in [7, 11) is 0. The average molecular weight is 180 g/mol. The molecule has 13 heavy (non-hydrogen) atoms. The molecule has 0 saturated carbocycles. The van der Waals surface area contributed by atoms with E-state index < -0.39 is 0 Å². The molecule has 0 N–H and O–H groups in total. The van der Waals surface area contributed by atoms with Crippen LogP contribution in [0.1, 0.15) is 39.5 Å². The second-order valence-electron chi connectivity index (χ2n) is 3.25. The molecular formula is C11H16O2. The van der Waals surface area contributed by atoms with E-state index in [9.17, 15) is 9.59 Å². The number of Topliss-reactive ketones (excluding diaryl/α,β-unsaturated/α-hetero) is 2. The van der Waals surface area contributed by atoms with Crippen molar-refractivity contribution in [1.82, 2.24) is 0 Å². The summed E-state index contributed by atoms with van der Waals surface area (Å²) < 4.78 is 0. The van der Waals surface area contributed by atoms with E-state index in [1.165, 1.54) is 0 Å². The maximum atomic E-state index is 11.1. The van der Waals surface area contributed by atoms with Crippen LogP contribution in [0.15, 0.2) is 0 Å². The summed E-state index contributed by atoms with van der Waals surface area (Å²) in [6, 6.07) is 0. The number of rotatable bonds is 6. The predicted molar refractivity (Wildman–Crippen MR) is 52.2 cm³/mol. The molecule has 0 aromatic rings. The molecule has 0 aromatic carbocycles. The highest BCUT2D eigenvalue weighted by Crippen LogP contribution is 2.10. The van der Waals surface area contributed by atoms with E-state index >= 15 is 0 Å². The van der Waals surface area contributed by atoms with Crippen LogP contribution < -0.4 is 0 Å². The van der Waals surface area contributed by atoms with Crippen molar-refractivity contribution in [2.45, 2.75) is 39.5 Å². The molecule has 0 aliphatic rings. The highest BCUT2D eigenvalue weighted by atomic mass is 16.2. The molecule has 0 radical (unpaired) electrons. The van der Waals surface area contributed by atoms with Crippen LogP contribution in [0.2, 0.25) is 0 Å². The van der Waals surface area contributed by atoms with E-state index in [1.807, 2.05) is 6.92 Å². The minimum Gasteiger partial charge on any atom is -0.291 e. The quantitative estimate of drug-likeness (QED) is 0.462. The minimum absolute atomic E-state index is 0.221. The van der Waals surface area contributed by atoms with Gasteiger partial charge in [0.15, 0.2) is 11.6 Å². The van der Waals surface area contributed by atoms with E-state index in [-0.39, 0.29) is 17.5 Å². The Kier molecular flexibility index (Phi) is 5.88. The lowest BCUT2D eigenvalue weighted by Crippen LogP contribution is -2.15. The Balaban J connectivity index is 3.79. The van der Waals surface area contributed by atoms with Crippen molar-refractivity contribution < 1.29 is 9.59 Å². The Bertz CT molecular complexity index is 223. The van der Waals surface area contributed by atoms with Gasteiger partial charge in [-0.15, -0.1) is 12.3 Å². The smallest absolute Gasteiger partial charge is 0.198 e. The summed E-state index contributed by atoms with van der Waals surface area (Å²) in [6.45, 7) is 3.64. The molecule has 0 spiro atoms. The van der Waals surface area contributed by atoms with Gasteiger partial charge in [0.25, 0.3) is 0 Å². The van der Waals surface area contributed by atoms with Gasteiger partial charge in [-0.1, -0.05) is 13.8 Å². The fourth-order valence-corrected chi connectivity index (χ4v) is 1.06. The van der Waals surface area contributed by atoms with Crippen LogP contribution in [0.25, 0.3) is 0 Å². The van der Waals surface area contributed by atoms with Gasteiger partial charge in [0, 0.05) is 19.3 Å². The number of carbonyl (C=O) groups is 2. The van der Waals surface area contributed by atoms with Crippen molar-refractivity contribution >= 4 is 11.6 Å².